The molecule has 2 aromatic carbocycles. The number of H-pyrrole nitrogens is 1. The van der Waals surface area contributed by atoms with Gasteiger partial charge in [0.05, 0.1) is 11.1 Å². The van der Waals surface area contributed by atoms with E-state index < -0.39 is 29.4 Å². The summed E-state index contributed by atoms with van der Waals surface area (Å²) in [7, 11) is 0. The van der Waals surface area contributed by atoms with Crippen molar-refractivity contribution in [1.29, 1.82) is 0 Å². The summed E-state index contributed by atoms with van der Waals surface area (Å²) < 4.78 is 64.6. The lowest BCUT2D eigenvalue weighted by atomic mass is 10.2. The van der Waals surface area contributed by atoms with Crippen LogP contribution in [0.5, 0.6) is 0 Å². The third-order valence-corrected chi connectivity index (χ3v) is 3.37. The van der Waals surface area contributed by atoms with Gasteiger partial charge in [0.1, 0.15) is 11.6 Å². The molecular weight excluding hydrogens is 345 g/mol. The summed E-state index contributed by atoms with van der Waals surface area (Å²) in [5.74, 6) is -1.58. The zero-order chi connectivity index (χ0) is 18.2. The number of urea groups is 1. The summed E-state index contributed by atoms with van der Waals surface area (Å²) in [4.78, 5) is 14.5. The monoisotopic (exact) mass is 355 g/mol. The third kappa shape index (κ3) is 3.70. The van der Waals surface area contributed by atoms with E-state index in [1.807, 2.05) is 0 Å². The van der Waals surface area contributed by atoms with E-state index in [1.54, 1.807) is 0 Å². The summed E-state index contributed by atoms with van der Waals surface area (Å²) in [6, 6.07) is 5.14. The van der Waals surface area contributed by atoms with Crippen LogP contribution in [0.2, 0.25) is 0 Å². The first-order chi connectivity index (χ1) is 11.7. The Labute approximate surface area is 137 Å². The first-order valence-electron chi connectivity index (χ1n) is 6.95. The highest BCUT2D eigenvalue weighted by molar-refractivity contribution is 6.01. The maximum atomic E-state index is 13.3. The number of hydrogen-bond donors (Lipinski definition) is 3. The second-order valence-electron chi connectivity index (χ2n) is 5.20. The summed E-state index contributed by atoms with van der Waals surface area (Å²) in [5, 5.41) is 4.82. The second-order valence-corrected chi connectivity index (χ2v) is 5.20. The SMILES string of the molecule is O=C(Nc1cc(F)cc(C(F)(F)F)c1)Nc1ccc2c(F)c[nH]c2c1. The Kier molecular flexibility index (Phi) is 4.07. The number of aromatic amines is 1. The summed E-state index contributed by atoms with van der Waals surface area (Å²) >= 11 is 0. The molecule has 0 radical (unpaired) electrons. The number of alkyl halides is 3. The van der Waals surface area contributed by atoms with Gasteiger partial charge in [-0.25, -0.2) is 13.6 Å². The van der Waals surface area contributed by atoms with Crippen LogP contribution >= 0.6 is 0 Å². The van der Waals surface area contributed by atoms with E-state index in [2.05, 4.69) is 15.6 Å². The third-order valence-electron chi connectivity index (χ3n) is 3.37. The molecule has 1 heterocycles. The molecule has 3 aromatic rings. The fourth-order valence-corrected chi connectivity index (χ4v) is 2.29. The van der Waals surface area contributed by atoms with Gasteiger partial charge in [0, 0.05) is 23.0 Å². The van der Waals surface area contributed by atoms with Gasteiger partial charge in [-0.05, 0) is 36.4 Å². The number of carbonyl (C=O) groups excluding carboxylic acids is 1. The van der Waals surface area contributed by atoms with Gasteiger partial charge in [-0.3, -0.25) is 0 Å². The van der Waals surface area contributed by atoms with Crippen LogP contribution in [-0.4, -0.2) is 11.0 Å². The van der Waals surface area contributed by atoms with E-state index in [1.165, 1.54) is 18.2 Å². The minimum Gasteiger partial charge on any atom is -0.358 e. The average molecular weight is 355 g/mol. The summed E-state index contributed by atoms with van der Waals surface area (Å²) in [6.07, 6.45) is -3.59. The van der Waals surface area contributed by atoms with Gasteiger partial charge in [0.25, 0.3) is 0 Å². The predicted octanol–water partition coefficient (Wildman–Crippen LogP) is 5.11. The van der Waals surface area contributed by atoms with Crippen molar-refractivity contribution in [2.24, 2.45) is 0 Å². The van der Waals surface area contributed by atoms with Crippen LogP contribution in [0.4, 0.5) is 38.1 Å². The zero-order valence-corrected chi connectivity index (χ0v) is 12.3. The molecule has 1 aromatic heterocycles. The number of anilines is 2. The van der Waals surface area contributed by atoms with Crippen molar-refractivity contribution >= 4 is 28.3 Å². The summed E-state index contributed by atoms with van der Waals surface area (Å²) in [5.41, 5.74) is -0.859. The number of halogens is 5. The molecule has 0 bridgehead atoms. The Bertz CT molecular complexity index is 949. The van der Waals surface area contributed by atoms with E-state index in [0.717, 1.165) is 12.3 Å². The molecule has 0 atom stereocenters. The Balaban J connectivity index is 1.76. The number of carbonyl (C=O) groups is 1. The van der Waals surface area contributed by atoms with Crippen molar-refractivity contribution in [1.82, 2.24) is 4.98 Å². The number of rotatable bonds is 2. The van der Waals surface area contributed by atoms with E-state index in [0.29, 0.717) is 23.0 Å². The molecule has 0 spiro atoms. The lowest BCUT2D eigenvalue weighted by Gasteiger charge is -2.11. The number of fused-ring (bicyclic) bond motifs is 1. The van der Waals surface area contributed by atoms with Gasteiger partial charge in [-0.15, -0.1) is 0 Å². The molecule has 0 aliphatic rings. The number of aromatic nitrogens is 1. The highest BCUT2D eigenvalue weighted by Crippen LogP contribution is 2.31. The first kappa shape index (κ1) is 16.7. The van der Waals surface area contributed by atoms with Gasteiger partial charge in [-0.1, -0.05) is 0 Å². The molecule has 2 amide bonds. The predicted molar refractivity (Wildman–Crippen MR) is 82.3 cm³/mol. The van der Waals surface area contributed by atoms with Gasteiger partial charge >= 0.3 is 12.2 Å². The number of nitrogens with one attached hydrogen (secondary N) is 3. The highest BCUT2D eigenvalue weighted by Gasteiger charge is 2.31. The maximum Gasteiger partial charge on any atom is 0.416 e. The molecule has 25 heavy (non-hydrogen) atoms. The molecule has 130 valence electrons. The largest absolute Gasteiger partial charge is 0.416 e. The normalized spacial score (nSPS) is 11.6. The molecule has 3 N–H and O–H groups in total. The van der Waals surface area contributed by atoms with Crippen LogP contribution < -0.4 is 10.6 Å². The van der Waals surface area contributed by atoms with E-state index in [-0.39, 0.29) is 11.4 Å². The van der Waals surface area contributed by atoms with Crippen LogP contribution in [0.25, 0.3) is 10.9 Å². The average Bonchev–Trinajstić information content (AvgIpc) is 2.86. The molecule has 0 unspecified atom stereocenters. The van der Waals surface area contributed by atoms with Crippen molar-refractivity contribution in [2.45, 2.75) is 6.18 Å². The van der Waals surface area contributed by atoms with Crippen molar-refractivity contribution in [3.8, 4) is 0 Å². The molecule has 4 nitrogen and oxygen atoms in total. The van der Waals surface area contributed by atoms with Gasteiger partial charge in [0.15, 0.2) is 0 Å². The van der Waals surface area contributed by atoms with Crippen molar-refractivity contribution in [2.75, 3.05) is 10.6 Å². The lowest BCUT2D eigenvalue weighted by molar-refractivity contribution is -0.137. The van der Waals surface area contributed by atoms with Gasteiger partial charge in [-0.2, -0.15) is 13.2 Å². The topological polar surface area (TPSA) is 56.9 Å². The van der Waals surface area contributed by atoms with Crippen LogP contribution in [0.15, 0.2) is 42.6 Å². The van der Waals surface area contributed by atoms with Gasteiger partial charge in [0.2, 0.25) is 0 Å². The maximum absolute atomic E-state index is 13.3. The Morgan fingerprint density at radius 3 is 2.40 bits per heavy atom. The molecular formula is C16H10F5N3O. The van der Waals surface area contributed by atoms with Gasteiger partial charge < -0.3 is 15.6 Å². The second kappa shape index (κ2) is 6.08. The Morgan fingerprint density at radius 2 is 1.68 bits per heavy atom. The zero-order valence-electron chi connectivity index (χ0n) is 12.3. The van der Waals surface area contributed by atoms with Crippen LogP contribution in [0.3, 0.4) is 0 Å². The standard InChI is InChI=1S/C16H10F5N3O/c17-9-3-8(16(19,20)21)4-11(5-9)24-15(25)23-10-1-2-12-13(18)7-22-14(12)6-10/h1-7,22H,(H2,23,24,25). The van der Waals surface area contributed by atoms with Crippen LogP contribution in [0.1, 0.15) is 5.56 Å². The van der Waals surface area contributed by atoms with Crippen molar-refractivity contribution in [3.63, 3.8) is 0 Å². The number of hydrogen-bond acceptors (Lipinski definition) is 1. The molecule has 9 heteroatoms. The van der Waals surface area contributed by atoms with Crippen LogP contribution in [0, 0.1) is 11.6 Å². The number of amides is 2. The van der Waals surface area contributed by atoms with Crippen molar-refractivity contribution < 1.29 is 26.7 Å². The minimum atomic E-state index is -4.74. The van der Waals surface area contributed by atoms with E-state index >= 15 is 0 Å². The minimum absolute atomic E-state index is 0.277. The molecule has 0 aliphatic heterocycles. The fourth-order valence-electron chi connectivity index (χ4n) is 2.29. The Hall–Kier alpha value is -3.10. The molecule has 3 rings (SSSR count). The lowest BCUT2D eigenvalue weighted by Crippen LogP contribution is -2.20. The van der Waals surface area contributed by atoms with E-state index in [9.17, 15) is 26.7 Å². The Morgan fingerprint density at radius 1 is 0.960 bits per heavy atom. The molecule has 0 saturated heterocycles. The van der Waals surface area contributed by atoms with Crippen molar-refractivity contribution in [3.05, 3.63) is 59.8 Å². The molecule has 0 fully saturated rings. The quantitative estimate of drug-likeness (QED) is 0.550. The summed E-state index contributed by atoms with van der Waals surface area (Å²) in [6.45, 7) is 0. The molecule has 0 aliphatic carbocycles. The highest BCUT2D eigenvalue weighted by atomic mass is 19.4. The molecule has 0 saturated carbocycles. The van der Waals surface area contributed by atoms with Crippen LogP contribution in [-0.2, 0) is 6.18 Å². The fraction of sp³-hybridized carbons (Fsp3) is 0.0625. The van der Waals surface area contributed by atoms with E-state index in [4.69, 9.17) is 0 Å². The first-order valence-corrected chi connectivity index (χ1v) is 6.95. The smallest absolute Gasteiger partial charge is 0.358 e. The number of benzene rings is 2.